The third-order valence-electron chi connectivity index (χ3n) is 5.23. The van der Waals surface area contributed by atoms with Crippen LogP contribution in [0.15, 0.2) is 55.0 Å². The smallest absolute Gasteiger partial charge is 0.269 e. The van der Waals surface area contributed by atoms with Crippen LogP contribution < -0.4 is 10.2 Å². The number of anilines is 1. The molecule has 2 amide bonds. The van der Waals surface area contributed by atoms with Gasteiger partial charge < -0.3 is 5.32 Å². The molecule has 3 aromatic heterocycles. The first-order valence-electron chi connectivity index (χ1n) is 10.5. The molecule has 0 aliphatic carbocycles. The summed E-state index contributed by atoms with van der Waals surface area (Å²) in [6, 6.07) is 9.84. The van der Waals surface area contributed by atoms with E-state index in [1.165, 1.54) is 18.3 Å². The summed E-state index contributed by atoms with van der Waals surface area (Å²) in [5.41, 5.74) is 1.03. The lowest BCUT2D eigenvalue weighted by atomic mass is 10.2. The molecule has 0 spiro atoms. The summed E-state index contributed by atoms with van der Waals surface area (Å²) in [5, 5.41) is 5.60. The van der Waals surface area contributed by atoms with E-state index >= 15 is 0 Å². The van der Waals surface area contributed by atoms with Crippen molar-refractivity contribution in [1.29, 1.82) is 0 Å². The number of pyridine rings is 2. The second-order valence-corrected chi connectivity index (χ2v) is 9.86. The Kier molecular flexibility index (Phi) is 6.50. The predicted molar refractivity (Wildman–Crippen MR) is 121 cm³/mol. The highest BCUT2D eigenvalue weighted by Crippen LogP contribution is 2.36. The number of carbonyl (C=O) groups is 2. The Morgan fingerprint density at radius 1 is 1.18 bits per heavy atom. The van der Waals surface area contributed by atoms with Gasteiger partial charge in [0.15, 0.2) is 15.2 Å². The minimum absolute atomic E-state index is 0.0891. The van der Waals surface area contributed by atoms with Crippen LogP contribution in [0.5, 0.6) is 0 Å². The van der Waals surface area contributed by atoms with E-state index in [0.717, 1.165) is 29.8 Å². The molecule has 1 atom stereocenters. The maximum absolute atomic E-state index is 12.8. The van der Waals surface area contributed by atoms with Crippen LogP contribution in [0.25, 0.3) is 0 Å². The number of aromatic nitrogens is 4. The summed E-state index contributed by atoms with van der Waals surface area (Å²) in [7, 11) is -3.85. The van der Waals surface area contributed by atoms with Crippen LogP contribution in [-0.4, -0.2) is 52.3 Å². The van der Waals surface area contributed by atoms with E-state index in [4.69, 9.17) is 0 Å². The fourth-order valence-electron chi connectivity index (χ4n) is 3.67. The zero-order valence-electron chi connectivity index (χ0n) is 18.1. The van der Waals surface area contributed by atoms with Crippen molar-refractivity contribution >= 4 is 27.5 Å². The van der Waals surface area contributed by atoms with Gasteiger partial charge in [0, 0.05) is 31.7 Å². The minimum Gasteiger partial charge on any atom is -0.351 e. The Bertz CT molecular complexity index is 1260. The topological polar surface area (TPSA) is 127 Å². The monoisotopic (exact) mass is 468 g/mol. The highest BCUT2D eigenvalue weighted by atomic mass is 32.2. The zero-order chi connectivity index (χ0) is 23.4. The van der Waals surface area contributed by atoms with Gasteiger partial charge >= 0.3 is 0 Å². The normalized spacial score (nSPS) is 17.3. The molecule has 0 saturated carbocycles. The Balaban J connectivity index is 1.48. The van der Waals surface area contributed by atoms with E-state index in [0.29, 0.717) is 6.54 Å². The van der Waals surface area contributed by atoms with Crippen molar-refractivity contribution in [2.75, 3.05) is 17.2 Å². The largest absolute Gasteiger partial charge is 0.351 e. The number of hydrogen-bond acceptors (Lipinski definition) is 7. The number of hydrogen-bond donors (Lipinski definition) is 1. The summed E-state index contributed by atoms with van der Waals surface area (Å²) in [6.45, 7) is 3.03. The summed E-state index contributed by atoms with van der Waals surface area (Å²) in [6.07, 6.45) is 6.71. The second kappa shape index (κ2) is 9.49. The predicted octanol–water partition coefficient (Wildman–Crippen LogP) is 1.65. The van der Waals surface area contributed by atoms with Gasteiger partial charge in [0.05, 0.1) is 5.69 Å². The van der Waals surface area contributed by atoms with E-state index in [-0.39, 0.29) is 17.2 Å². The first kappa shape index (κ1) is 22.6. The molecule has 3 aromatic rings. The number of carbonyl (C=O) groups excluding carboxylic acids is 2. The molecule has 0 radical (unpaired) electrons. The van der Waals surface area contributed by atoms with E-state index in [1.807, 2.05) is 23.9 Å². The Morgan fingerprint density at radius 3 is 2.79 bits per heavy atom. The molecule has 1 fully saturated rings. The molecule has 1 aliphatic heterocycles. The van der Waals surface area contributed by atoms with E-state index < -0.39 is 32.8 Å². The van der Waals surface area contributed by atoms with Crippen molar-refractivity contribution in [1.82, 2.24) is 25.1 Å². The SMILES string of the molecule is Cc1ccnc(N2C(=O)CS(=O)(=O)C2c2cccc(C(=O)NCCCCn3cccn3)n2)c1. The molecule has 1 unspecified atom stereocenters. The Morgan fingerprint density at radius 2 is 2.03 bits per heavy atom. The highest BCUT2D eigenvalue weighted by Gasteiger charge is 2.47. The number of aryl methyl sites for hydroxylation is 2. The first-order valence-corrected chi connectivity index (χ1v) is 12.3. The molecular weight excluding hydrogens is 444 g/mol. The molecule has 1 saturated heterocycles. The van der Waals surface area contributed by atoms with Crippen molar-refractivity contribution in [3.63, 3.8) is 0 Å². The van der Waals surface area contributed by atoms with Crippen LogP contribution in [0.4, 0.5) is 5.82 Å². The molecule has 0 bridgehead atoms. The van der Waals surface area contributed by atoms with Crippen molar-refractivity contribution < 1.29 is 18.0 Å². The van der Waals surface area contributed by atoms with E-state index in [9.17, 15) is 18.0 Å². The fraction of sp³-hybridized carbons (Fsp3) is 0.318. The van der Waals surface area contributed by atoms with Crippen LogP contribution >= 0.6 is 0 Å². The van der Waals surface area contributed by atoms with Crippen molar-refractivity contribution in [3.8, 4) is 0 Å². The molecule has 10 nitrogen and oxygen atoms in total. The van der Waals surface area contributed by atoms with Gasteiger partial charge in [-0.3, -0.25) is 19.2 Å². The number of sulfone groups is 1. The Hall–Kier alpha value is -3.60. The number of nitrogens with zero attached hydrogens (tertiary/aromatic N) is 5. The van der Waals surface area contributed by atoms with Gasteiger partial charge in [-0.2, -0.15) is 5.10 Å². The molecule has 33 heavy (non-hydrogen) atoms. The van der Waals surface area contributed by atoms with Gasteiger partial charge in [0.2, 0.25) is 5.91 Å². The summed E-state index contributed by atoms with van der Waals surface area (Å²) in [4.78, 5) is 34.8. The highest BCUT2D eigenvalue weighted by molar-refractivity contribution is 7.93. The number of nitrogens with one attached hydrogen (secondary N) is 1. The molecule has 0 aromatic carbocycles. The number of rotatable bonds is 8. The lowest BCUT2D eigenvalue weighted by Gasteiger charge is -2.22. The standard InChI is InChI=1S/C22H24N6O4S/c1-16-8-11-23-19(14-16)28-20(29)15-33(31,32)22(28)18-7-4-6-17(26-18)21(30)24-9-2-3-12-27-13-5-10-25-27/h4-8,10-11,13-14,22H,2-3,9,12,15H2,1H3,(H,24,30). The molecule has 4 rings (SSSR count). The third kappa shape index (κ3) is 5.08. The molecule has 4 heterocycles. The molecular formula is C22H24N6O4S. The Labute approximate surface area is 191 Å². The van der Waals surface area contributed by atoms with Crippen LogP contribution in [0.3, 0.4) is 0 Å². The quantitative estimate of drug-likeness (QED) is 0.498. The maximum Gasteiger partial charge on any atom is 0.269 e. The average Bonchev–Trinajstić information content (AvgIpc) is 3.38. The van der Waals surface area contributed by atoms with Gasteiger partial charge in [0.1, 0.15) is 17.3 Å². The van der Waals surface area contributed by atoms with E-state index in [1.54, 1.807) is 24.4 Å². The van der Waals surface area contributed by atoms with E-state index in [2.05, 4.69) is 20.4 Å². The minimum atomic E-state index is -3.85. The summed E-state index contributed by atoms with van der Waals surface area (Å²) < 4.78 is 27.5. The molecule has 11 heteroatoms. The molecule has 1 aliphatic rings. The van der Waals surface area contributed by atoms with Gasteiger partial charge in [-0.25, -0.2) is 18.4 Å². The summed E-state index contributed by atoms with van der Waals surface area (Å²) >= 11 is 0. The first-order chi connectivity index (χ1) is 15.8. The van der Waals surface area contributed by atoms with Gasteiger partial charge in [0.25, 0.3) is 5.91 Å². The maximum atomic E-state index is 12.8. The second-order valence-electron chi connectivity index (χ2n) is 7.79. The van der Waals surface area contributed by atoms with Crippen LogP contribution in [0.2, 0.25) is 0 Å². The third-order valence-corrected chi connectivity index (χ3v) is 7.01. The zero-order valence-corrected chi connectivity index (χ0v) is 18.9. The average molecular weight is 469 g/mol. The number of amides is 2. The van der Waals surface area contributed by atoms with Crippen molar-refractivity contribution in [2.24, 2.45) is 0 Å². The van der Waals surface area contributed by atoms with Gasteiger partial charge in [-0.1, -0.05) is 6.07 Å². The lowest BCUT2D eigenvalue weighted by molar-refractivity contribution is -0.115. The lowest BCUT2D eigenvalue weighted by Crippen LogP contribution is -2.31. The van der Waals surface area contributed by atoms with Gasteiger partial charge in [-0.05, 0) is 55.7 Å². The van der Waals surface area contributed by atoms with Crippen LogP contribution in [0.1, 0.15) is 40.0 Å². The molecule has 1 N–H and O–H groups in total. The van der Waals surface area contributed by atoms with Crippen molar-refractivity contribution in [3.05, 3.63) is 71.9 Å². The van der Waals surface area contributed by atoms with Crippen LogP contribution in [0, 0.1) is 6.92 Å². The summed E-state index contributed by atoms with van der Waals surface area (Å²) in [5.74, 6) is -1.38. The van der Waals surface area contributed by atoms with Gasteiger partial charge in [-0.15, -0.1) is 0 Å². The fourth-order valence-corrected chi connectivity index (χ4v) is 5.35. The van der Waals surface area contributed by atoms with Crippen LogP contribution in [-0.2, 0) is 21.2 Å². The molecule has 172 valence electrons. The number of unbranched alkanes of at least 4 members (excludes halogenated alkanes) is 1. The van der Waals surface area contributed by atoms with Crippen molar-refractivity contribution in [2.45, 2.75) is 31.7 Å².